The second-order valence-corrected chi connectivity index (χ2v) is 2.91. The lowest BCUT2D eigenvalue weighted by atomic mass is 10.1. The van der Waals surface area contributed by atoms with Gasteiger partial charge in [0, 0.05) is 0 Å². The first-order valence-electron chi connectivity index (χ1n) is 4.64. The minimum Gasteiger partial charge on any atom is -0.393 e. The van der Waals surface area contributed by atoms with E-state index in [0.29, 0.717) is 0 Å². The Kier molecular flexibility index (Phi) is 7.59. The number of hydrogen-bond donors (Lipinski definition) is 1. The second kappa shape index (κ2) is 7.80. The molecule has 0 aromatic carbocycles. The highest BCUT2D eigenvalue weighted by Crippen LogP contribution is 2.04. The molecule has 0 rings (SSSR count). The standard InChI is InChI=1S/C10H20O/c1-3-5-7-9-10(11)8-6-4-2/h5,7,10-11H,3-4,6,8-9H2,1-2H3/b7-5+. The zero-order valence-corrected chi connectivity index (χ0v) is 7.71. The van der Waals surface area contributed by atoms with E-state index in [1.165, 1.54) is 6.42 Å². The lowest BCUT2D eigenvalue weighted by molar-refractivity contribution is 0.164. The Bertz CT molecular complexity index is 97.0. The number of unbranched alkanes of at least 4 members (excludes halogenated alkanes) is 1. The minimum atomic E-state index is -0.113. The molecule has 0 bridgehead atoms. The molecule has 1 nitrogen and oxygen atoms in total. The molecule has 11 heavy (non-hydrogen) atoms. The first-order valence-corrected chi connectivity index (χ1v) is 4.64. The van der Waals surface area contributed by atoms with E-state index >= 15 is 0 Å². The highest BCUT2D eigenvalue weighted by atomic mass is 16.3. The van der Waals surface area contributed by atoms with Crippen LogP contribution in [-0.2, 0) is 0 Å². The van der Waals surface area contributed by atoms with Gasteiger partial charge in [-0.25, -0.2) is 0 Å². The van der Waals surface area contributed by atoms with Crippen LogP contribution in [0, 0.1) is 0 Å². The van der Waals surface area contributed by atoms with Crippen molar-refractivity contribution in [3.05, 3.63) is 12.2 Å². The summed E-state index contributed by atoms with van der Waals surface area (Å²) in [4.78, 5) is 0. The molecule has 0 heterocycles. The molecular formula is C10H20O. The maximum Gasteiger partial charge on any atom is 0.0574 e. The fraction of sp³-hybridized carbons (Fsp3) is 0.800. The summed E-state index contributed by atoms with van der Waals surface area (Å²) in [5, 5.41) is 9.36. The Labute approximate surface area is 70.1 Å². The van der Waals surface area contributed by atoms with Crippen molar-refractivity contribution in [1.29, 1.82) is 0 Å². The van der Waals surface area contributed by atoms with Crippen LogP contribution in [-0.4, -0.2) is 11.2 Å². The Morgan fingerprint density at radius 1 is 1.27 bits per heavy atom. The summed E-state index contributed by atoms with van der Waals surface area (Å²) < 4.78 is 0. The van der Waals surface area contributed by atoms with E-state index in [1.54, 1.807) is 0 Å². The van der Waals surface area contributed by atoms with Gasteiger partial charge in [0.25, 0.3) is 0 Å². The van der Waals surface area contributed by atoms with Crippen LogP contribution in [0.15, 0.2) is 12.2 Å². The molecule has 0 aromatic heterocycles. The normalized spacial score (nSPS) is 14.1. The van der Waals surface area contributed by atoms with Crippen LogP contribution >= 0.6 is 0 Å². The lowest BCUT2D eigenvalue weighted by Crippen LogP contribution is -2.03. The van der Waals surface area contributed by atoms with Crippen LogP contribution in [0.3, 0.4) is 0 Å². The zero-order valence-electron chi connectivity index (χ0n) is 7.71. The Hall–Kier alpha value is -0.300. The molecule has 66 valence electrons. The predicted octanol–water partition coefficient (Wildman–Crippen LogP) is 2.89. The van der Waals surface area contributed by atoms with Gasteiger partial charge in [0.2, 0.25) is 0 Å². The fourth-order valence-corrected chi connectivity index (χ4v) is 0.978. The first kappa shape index (κ1) is 10.7. The highest BCUT2D eigenvalue weighted by molar-refractivity contribution is 4.82. The molecule has 0 aromatic rings. The quantitative estimate of drug-likeness (QED) is 0.586. The van der Waals surface area contributed by atoms with E-state index in [1.807, 2.05) is 0 Å². The van der Waals surface area contributed by atoms with Gasteiger partial charge < -0.3 is 5.11 Å². The molecule has 1 atom stereocenters. The van der Waals surface area contributed by atoms with Gasteiger partial charge in [-0.15, -0.1) is 0 Å². The van der Waals surface area contributed by atoms with Gasteiger partial charge in [-0.2, -0.15) is 0 Å². The number of aliphatic hydroxyl groups is 1. The molecule has 0 radical (unpaired) electrons. The molecule has 0 fully saturated rings. The molecule has 0 amide bonds. The van der Waals surface area contributed by atoms with Crippen LogP contribution < -0.4 is 0 Å². The summed E-state index contributed by atoms with van der Waals surface area (Å²) in [5.74, 6) is 0. The molecule has 0 aliphatic carbocycles. The summed E-state index contributed by atoms with van der Waals surface area (Å²) >= 11 is 0. The van der Waals surface area contributed by atoms with Crippen molar-refractivity contribution in [2.45, 2.75) is 52.1 Å². The minimum absolute atomic E-state index is 0.113. The van der Waals surface area contributed by atoms with Gasteiger partial charge in [-0.1, -0.05) is 38.8 Å². The molecule has 1 unspecified atom stereocenters. The van der Waals surface area contributed by atoms with E-state index in [9.17, 15) is 5.11 Å². The first-order chi connectivity index (χ1) is 5.31. The van der Waals surface area contributed by atoms with Crippen LogP contribution in [0.5, 0.6) is 0 Å². The van der Waals surface area contributed by atoms with Crippen LogP contribution in [0.25, 0.3) is 0 Å². The van der Waals surface area contributed by atoms with Gasteiger partial charge in [0.05, 0.1) is 6.10 Å². The van der Waals surface area contributed by atoms with E-state index in [-0.39, 0.29) is 6.10 Å². The summed E-state index contributed by atoms with van der Waals surface area (Å²) in [7, 11) is 0. The topological polar surface area (TPSA) is 20.2 Å². The van der Waals surface area contributed by atoms with Crippen LogP contribution in [0.4, 0.5) is 0 Å². The molecular weight excluding hydrogens is 136 g/mol. The number of allylic oxidation sites excluding steroid dienone is 1. The Balaban J connectivity index is 3.21. The maximum atomic E-state index is 9.36. The van der Waals surface area contributed by atoms with Crippen molar-refractivity contribution in [3.63, 3.8) is 0 Å². The van der Waals surface area contributed by atoms with E-state index in [2.05, 4.69) is 26.0 Å². The monoisotopic (exact) mass is 156 g/mol. The SMILES string of the molecule is CC/C=C/CC(O)CCCC. The molecule has 0 saturated carbocycles. The third kappa shape index (κ3) is 7.60. The Morgan fingerprint density at radius 2 is 2.00 bits per heavy atom. The maximum absolute atomic E-state index is 9.36. The summed E-state index contributed by atoms with van der Waals surface area (Å²) in [6.45, 7) is 4.25. The van der Waals surface area contributed by atoms with Gasteiger partial charge >= 0.3 is 0 Å². The van der Waals surface area contributed by atoms with Crippen molar-refractivity contribution < 1.29 is 5.11 Å². The van der Waals surface area contributed by atoms with Gasteiger partial charge in [0.1, 0.15) is 0 Å². The van der Waals surface area contributed by atoms with E-state index in [4.69, 9.17) is 0 Å². The fourth-order valence-electron chi connectivity index (χ4n) is 0.978. The molecule has 0 spiro atoms. The largest absolute Gasteiger partial charge is 0.393 e. The predicted molar refractivity (Wildman–Crippen MR) is 49.6 cm³/mol. The number of aliphatic hydroxyl groups excluding tert-OH is 1. The summed E-state index contributed by atoms with van der Waals surface area (Å²) in [6.07, 6.45) is 9.22. The van der Waals surface area contributed by atoms with Crippen LogP contribution in [0.1, 0.15) is 46.0 Å². The second-order valence-electron chi connectivity index (χ2n) is 2.91. The van der Waals surface area contributed by atoms with Crippen molar-refractivity contribution in [1.82, 2.24) is 0 Å². The molecule has 0 saturated heterocycles. The smallest absolute Gasteiger partial charge is 0.0574 e. The third-order valence-corrected chi connectivity index (χ3v) is 1.70. The van der Waals surface area contributed by atoms with Gasteiger partial charge in [0.15, 0.2) is 0 Å². The summed E-state index contributed by atoms with van der Waals surface area (Å²) in [6, 6.07) is 0. The van der Waals surface area contributed by atoms with Gasteiger partial charge in [-0.3, -0.25) is 0 Å². The molecule has 1 heteroatoms. The van der Waals surface area contributed by atoms with Crippen molar-refractivity contribution >= 4 is 0 Å². The molecule has 0 aliphatic rings. The van der Waals surface area contributed by atoms with Crippen LogP contribution in [0.2, 0.25) is 0 Å². The number of hydrogen-bond acceptors (Lipinski definition) is 1. The van der Waals surface area contributed by atoms with E-state index in [0.717, 1.165) is 25.7 Å². The highest BCUT2D eigenvalue weighted by Gasteiger charge is 1.98. The Morgan fingerprint density at radius 3 is 2.55 bits per heavy atom. The zero-order chi connectivity index (χ0) is 8.53. The third-order valence-electron chi connectivity index (χ3n) is 1.70. The van der Waals surface area contributed by atoms with Crippen molar-refractivity contribution in [2.75, 3.05) is 0 Å². The lowest BCUT2D eigenvalue weighted by Gasteiger charge is -2.05. The number of rotatable bonds is 6. The average molecular weight is 156 g/mol. The average Bonchev–Trinajstić information content (AvgIpc) is 2.01. The summed E-state index contributed by atoms with van der Waals surface area (Å²) in [5.41, 5.74) is 0. The van der Waals surface area contributed by atoms with E-state index < -0.39 is 0 Å². The van der Waals surface area contributed by atoms with Crippen molar-refractivity contribution in [3.8, 4) is 0 Å². The molecule has 0 aliphatic heterocycles. The van der Waals surface area contributed by atoms with Crippen molar-refractivity contribution in [2.24, 2.45) is 0 Å². The van der Waals surface area contributed by atoms with Gasteiger partial charge in [-0.05, 0) is 19.3 Å². The molecule has 1 N–H and O–H groups in total.